The van der Waals surface area contributed by atoms with Gasteiger partial charge in [0.05, 0.1) is 11.8 Å². The van der Waals surface area contributed by atoms with Crippen molar-refractivity contribution in [3.05, 3.63) is 5.53 Å². The van der Waals surface area contributed by atoms with Crippen molar-refractivity contribution in [2.75, 3.05) is 0 Å². The van der Waals surface area contributed by atoms with Gasteiger partial charge in [-0.25, -0.2) is 0 Å². The van der Waals surface area contributed by atoms with Crippen molar-refractivity contribution < 1.29 is 4.79 Å². The minimum atomic E-state index is 0.669. The van der Waals surface area contributed by atoms with E-state index in [1.165, 1.54) is 25.7 Å². The largest absolute Gasteiger partial charge is 0.362 e. The summed E-state index contributed by atoms with van der Waals surface area (Å²) in [6.45, 7) is 0. The van der Waals surface area contributed by atoms with E-state index in [0.29, 0.717) is 11.8 Å². The Kier molecular flexibility index (Phi) is 0.967. The molecule has 0 unspecified atom stereocenters. The van der Waals surface area contributed by atoms with Crippen molar-refractivity contribution in [3.63, 3.8) is 0 Å². The van der Waals surface area contributed by atoms with Crippen molar-refractivity contribution in [2.45, 2.75) is 25.7 Å². The zero-order chi connectivity index (χ0) is 6.27. The van der Waals surface area contributed by atoms with Gasteiger partial charge in [0.15, 0.2) is 0 Å². The monoisotopic (exact) mass is 122 g/mol. The number of hydrogen-bond acceptors (Lipinski definition) is 0. The highest BCUT2D eigenvalue weighted by Gasteiger charge is 2.44. The van der Waals surface area contributed by atoms with E-state index >= 15 is 0 Å². The Balaban J connectivity index is 2.09. The Bertz CT molecular complexity index is 157. The molecule has 0 aromatic rings. The van der Waals surface area contributed by atoms with Crippen LogP contribution in [0.4, 0.5) is 0 Å². The molecule has 2 saturated carbocycles. The molecule has 2 rings (SSSR count). The molecule has 48 valence electrons. The zero-order valence-electron chi connectivity index (χ0n) is 5.38. The first kappa shape index (κ1) is 5.19. The lowest BCUT2D eigenvalue weighted by Crippen LogP contribution is -2.04. The third-order valence-electron chi connectivity index (χ3n) is 2.11. The fourth-order valence-corrected chi connectivity index (χ4v) is 1.25. The summed E-state index contributed by atoms with van der Waals surface area (Å²) in [5.41, 5.74) is 9.63. The van der Waals surface area contributed by atoms with Crippen LogP contribution in [0.1, 0.15) is 25.7 Å². The molecule has 0 aromatic carbocycles. The Morgan fingerprint density at radius 2 is 1.56 bits per heavy atom. The lowest BCUT2D eigenvalue weighted by molar-refractivity contribution is -0.0140. The molecule has 0 N–H and O–H groups in total. The maximum Gasteiger partial charge on any atom is 0.274 e. The molecule has 2 heteroatoms. The molecule has 0 spiro atoms. The minimum Gasteiger partial charge on any atom is -0.362 e. The zero-order valence-corrected chi connectivity index (χ0v) is 5.38. The molecule has 0 radical (unpaired) electrons. The van der Waals surface area contributed by atoms with Crippen molar-refractivity contribution in [1.29, 1.82) is 0 Å². The summed E-state index contributed by atoms with van der Waals surface area (Å²) in [6.07, 6.45) is 5.04. The maximum atomic E-state index is 8.53. The first-order valence-electron chi connectivity index (χ1n) is 3.63. The first-order chi connectivity index (χ1) is 4.42. The van der Waals surface area contributed by atoms with Crippen LogP contribution in [0, 0.1) is 11.8 Å². The Morgan fingerprint density at radius 1 is 1.11 bits per heavy atom. The summed E-state index contributed by atoms with van der Waals surface area (Å²) in [7, 11) is 0. The van der Waals surface area contributed by atoms with Crippen LogP contribution < -0.4 is 0 Å². The Morgan fingerprint density at radius 3 is 1.78 bits per heavy atom. The molecule has 0 saturated heterocycles. The molecule has 2 aliphatic rings. The van der Waals surface area contributed by atoms with Gasteiger partial charge in [-0.1, -0.05) is 0 Å². The highest BCUT2D eigenvalue weighted by molar-refractivity contribution is 5.87. The van der Waals surface area contributed by atoms with E-state index in [1.54, 1.807) is 0 Å². The second-order valence-corrected chi connectivity index (χ2v) is 3.07. The van der Waals surface area contributed by atoms with Crippen molar-refractivity contribution in [3.8, 4) is 0 Å². The van der Waals surface area contributed by atoms with Crippen molar-refractivity contribution in [1.82, 2.24) is 0 Å². The molecule has 0 heterocycles. The van der Waals surface area contributed by atoms with Crippen LogP contribution in [0.25, 0.3) is 5.53 Å². The fraction of sp³-hybridized carbons (Fsp3) is 0.857. The van der Waals surface area contributed by atoms with Crippen molar-refractivity contribution >= 4 is 5.71 Å². The second kappa shape index (κ2) is 1.68. The summed E-state index contributed by atoms with van der Waals surface area (Å²) >= 11 is 0. The number of nitrogens with zero attached hydrogens (tertiary/aromatic N) is 2. The number of rotatable bonds is 2. The average Bonchev–Trinajstić information content (AvgIpc) is 2.61. The lowest BCUT2D eigenvalue weighted by atomic mass is 10.2. The van der Waals surface area contributed by atoms with Crippen LogP contribution >= 0.6 is 0 Å². The standard InChI is InChI=1S/C7H10N2/c8-9-7(5-1-2-5)6-3-4-6/h5-6H,1-4H2. The van der Waals surface area contributed by atoms with Crippen LogP contribution in [0.5, 0.6) is 0 Å². The van der Waals surface area contributed by atoms with E-state index < -0.39 is 0 Å². The summed E-state index contributed by atoms with van der Waals surface area (Å²) < 4.78 is 0. The van der Waals surface area contributed by atoms with Gasteiger partial charge in [-0.05, 0) is 25.7 Å². The minimum absolute atomic E-state index is 0.669. The molecule has 2 aliphatic carbocycles. The average molecular weight is 122 g/mol. The molecular formula is C7H10N2. The second-order valence-electron chi connectivity index (χ2n) is 3.07. The van der Waals surface area contributed by atoms with Crippen LogP contribution in [-0.2, 0) is 0 Å². The van der Waals surface area contributed by atoms with Gasteiger partial charge in [0, 0.05) is 0 Å². The van der Waals surface area contributed by atoms with Gasteiger partial charge in [0.1, 0.15) is 0 Å². The van der Waals surface area contributed by atoms with Crippen LogP contribution in [0.15, 0.2) is 0 Å². The van der Waals surface area contributed by atoms with E-state index in [4.69, 9.17) is 5.53 Å². The van der Waals surface area contributed by atoms with Gasteiger partial charge >= 0.3 is 0 Å². The van der Waals surface area contributed by atoms with Crippen LogP contribution in [0.2, 0.25) is 0 Å². The normalized spacial score (nSPS) is 25.3. The quantitative estimate of drug-likeness (QED) is 0.302. The third-order valence-corrected chi connectivity index (χ3v) is 2.11. The SMILES string of the molecule is [N-]=[N+]=C(C1CC1)C1CC1. The smallest absolute Gasteiger partial charge is 0.274 e. The van der Waals surface area contributed by atoms with Gasteiger partial charge in [-0.2, -0.15) is 4.79 Å². The highest BCUT2D eigenvalue weighted by atomic mass is 14.9. The Labute approximate surface area is 54.5 Å². The highest BCUT2D eigenvalue weighted by Crippen LogP contribution is 2.40. The maximum absolute atomic E-state index is 8.53. The summed E-state index contributed by atoms with van der Waals surface area (Å²) in [5.74, 6) is 1.34. The molecule has 0 atom stereocenters. The van der Waals surface area contributed by atoms with Gasteiger partial charge in [-0.15, -0.1) is 0 Å². The predicted molar refractivity (Wildman–Crippen MR) is 34.1 cm³/mol. The molecule has 0 aromatic heterocycles. The first-order valence-corrected chi connectivity index (χ1v) is 3.63. The van der Waals surface area contributed by atoms with Crippen molar-refractivity contribution in [2.24, 2.45) is 11.8 Å². The van der Waals surface area contributed by atoms with E-state index in [0.717, 1.165) is 5.71 Å². The van der Waals surface area contributed by atoms with E-state index in [9.17, 15) is 0 Å². The molecule has 0 bridgehead atoms. The van der Waals surface area contributed by atoms with Crippen LogP contribution in [0.3, 0.4) is 0 Å². The fourth-order valence-electron chi connectivity index (χ4n) is 1.25. The van der Waals surface area contributed by atoms with E-state index in [-0.39, 0.29) is 0 Å². The van der Waals surface area contributed by atoms with E-state index in [1.807, 2.05) is 0 Å². The summed E-state index contributed by atoms with van der Waals surface area (Å²) in [6, 6.07) is 0. The van der Waals surface area contributed by atoms with Gasteiger partial charge in [0.25, 0.3) is 5.71 Å². The number of hydrogen-bond donors (Lipinski definition) is 0. The van der Waals surface area contributed by atoms with Gasteiger partial charge in [-0.3, -0.25) is 0 Å². The summed E-state index contributed by atoms with van der Waals surface area (Å²) in [5, 5.41) is 0. The van der Waals surface area contributed by atoms with Gasteiger partial charge < -0.3 is 5.53 Å². The molecular weight excluding hydrogens is 112 g/mol. The molecule has 2 nitrogen and oxygen atoms in total. The lowest BCUT2D eigenvalue weighted by Gasteiger charge is -1.82. The molecule has 0 amide bonds. The third kappa shape index (κ3) is 0.903. The Hall–Kier alpha value is -0.620. The topological polar surface area (TPSA) is 36.4 Å². The molecule has 0 aliphatic heterocycles. The summed E-state index contributed by atoms with van der Waals surface area (Å²) in [4.78, 5) is 3.33. The van der Waals surface area contributed by atoms with Gasteiger partial charge in [0.2, 0.25) is 0 Å². The van der Waals surface area contributed by atoms with E-state index in [2.05, 4.69) is 4.79 Å². The predicted octanol–water partition coefficient (Wildman–Crippen LogP) is 1.48. The van der Waals surface area contributed by atoms with Crippen LogP contribution in [-0.4, -0.2) is 10.5 Å². The molecule has 9 heavy (non-hydrogen) atoms. The molecule has 2 fully saturated rings.